The molecule has 4 heteroatoms. The molecule has 0 saturated carbocycles. The smallest absolute Gasteiger partial charge is 0.218 e. The summed E-state index contributed by atoms with van der Waals surface area (Å²) in [4.78, 5) is 4.21. The number of ether oxygens (including phenoxy) is 1. The van der Waals surface area contributed by atoms with Crippen LogP contribution in [0.25, 0.3) is 0 Å². The molecule has 0 fully saturated rings. The molecule has 0 spiro atoms. The third-order valence-corrected chi connectivity index (χ3v) is 3.23. The highest BCUT2D eigenvalue weighted by Crippen LogP contribution is 2.16. The first-order valence-electron chi connectivity index (χ1n) is 6.61. The number of rotatable bonds is 6. The summed E-state index contributed by atoms with van der Waals surface area (Å²) in [5.41, 5.74) is 8.32. The Morgan fingerprint density at radius 2 is 2.26 bits per heavy atom. The van der Waals surface area contributed by atoms with Crippen LogP contribution in [0, 0.1) is 0 Å². The average molecular weight is 259 g/mol. The van der Waals surface area contributed by atoms with Crippen LogP contribution >= 0.6 is 0 Å². The predicted octanol–water partition coefficient (Wildman–Crippen LogP) is 2.22. The Bertz CT molecular complexity index is 522. The second kappa shape index (κ2) is 6.38. The van der Waals surface area contributed by atoms with Gasteiger partial charge >= 0.3 is 0 Å². The molecule has 2 N–H and O–H groups in total. The highest BCUT2D eigenvalue weighted by atomic mass is 16.5. The molecular weight excluding hydrogens is 238 g/mol. The summed E-state index contributed by atoms with van der Waals surface area (Å²) >= 11 is 0. The minimum atomic E-state index is 0.240. The van der Waals surface area contributed by atoms with Crippen molar-refractivity contribution in [2.24, 2.45) is 5.73 Å². The minimum Gasteiger partial charge on any atom is -0.481 e. The summed E-state index contributed by atoms with van der Waals surface area (Å²) in [5.74, 6) is 0.683. The molecule has 0 radical (unpaired) electrons. The highest BCUT2D eigenvalue weighted by Gasteiger charge is 2.06. The van der Waals surface area contributed by atoms with E-state index in [1.165, 1.54) is 5.56 Å². The number of aromatic nitrogens is 2. The number of nitrogens with two attached hydrogens (primary N) is 1. The summed E-state index contributed by atoms with van der Waals surface area (Å²) in [6.07, 6.45) is 7.88. The van der Waals surface area contributed by atoms with E-state index in [1.54, 1.807) is 13.3 Å². The van der Waals surface area contributed by atoms with Crippen molar-refractivity contribution in [1.29, 1.82) is 0 Å². The molecule has 0 aromatic carbocycles. The van der Waals surface area contributed by atoms with Crippen molar-refractivity contribution in [1.82, 2.24) is 9.55 Å². The van der Waals surface area contributed by atoms with Crippen LogP contribution in [0.2, 0.25) is 0 Å². The van der Waals surface area contributed by atoms with E-state index in [2.05, 4.69) is 34.9 Å². The third-order valence-electron chi connectivity index (χ3n) is 3.23. The lowest BCUT2D eigenvalue weighted by Gasteiger charge is -2.08. The minimum absolute atomic E-state index is 0.240. The molecule has 1 atom stereocenters. The Labute approximate surface area is 114 Å². The first-order chi connectivity index (χ1) is 9.22. The van der Waals surface area contributed by atoms with E-state index in [9.17, 15) is 0 Å². The van der Waals surface area contributed by atoms with Crippen LogP contribution in [0.3, 0.4) is 0 Å². The van der Waals surface area contributed by atoms with Gasteiger partial charge < -0.3 is 15.0 Å². The topological polar surface area (TPSA) is 53.1 Å². The van der Waals surface area contributed by atoms with Gasteiger partial charge in [-0.2, -0.15) is 0 Å². The maximum Gasteiger partial charge on any atom is 0.218 e. The van der Waals surface area contributed by atoms with E-state index < -0.39 is 0 Å². The summed E-state index contributed by atoms with van der Waals surface area (Å²) in [7, 11) is 1.65. The molecule has 0 amide bonds. The van der Waals surface area contributed by atoms with Crippen molar-refractivity contribution >= 4 is 0 Å². The lowest BCUT2D eigenvalue weighted by molar-refractivity contribution is 0.391. The molecule has 4 nitrogen and oxygen atoms in total. The van der Waals surface area contributed by atoms with E-state index in [1.807, 2.05) is 12.1 Å². The highest BCUT2D eigenvalue weighted by molar-refractivity contribution is 5.26. The average Bonchev–Trinajstić information content (AvgIpc) is 2.86. The van der Waals surface area contributed by atoms with E-state index in [0.29, 0.717) is 5.88 Å². The van der Waals surface area contributed by atoms with E-state index in [0.717, 1.165) is 24.9 Å². The molecule has 102 valence electrons. The zero-order valence-corrected chi connectivity index (χ0v) is 11.5. The van der Waals surface area contributed by atoms with Crippen LogP contribution < -0.4 is 10.5 Å². The molecule has 2 heterocycles. The van der Waals surface area contributed by atoms with Crippen molar-refractivity contribution in [2.75, 3.05) is 7.11 Å². The number of methoxy groups -OCH3 is 1. The summed E-state index contributed by atoms with van der Waals surface area (Å²) in [6.45, 7) is 2.88. The molecule has 2 aromatic rings. The molecule has 0 aliphatic carbocycles. The van der Waals surface area contributed by atoms with Crippen molar-refractivity contribution < 1.29 is 4.74 Å². The SMILES string of the molecule is CCC(N)Cc1ccn(Cc2cccnc2OC)c1. The predicted molar refractivity (Wildman–Crippen MR) is 76.3 cm³/mol. The molecule has 0 saturated heterocycles. The molecule has 2 aromatic heterocycles. The lowest BCUT2D eigenvalue weighted by atomic mass is 10.1. The van der Waals surface area contributed by atoms with Crippen molar-refractivity contribution in [2.45, 2.75) is 32.4 Å². The Hall–Kier alpha value is -1.81. The first kappa shape index (κ1) is 13.6. The lowest BCUT2D eigenvalue weighted by Crippen LogP contribution is -2.21. The molecule has 0 aliphatic rings. The van der Waals surface area contributed by atoms with Crippen LogP contribution in [-0.2, 0) is 13.0 Å². The van der Waals surface area contributed by atoms with Crippen LogP contribution in [0.15, 0.2) is 36.8 Å². The van der Waals surface area contributed by atoms with Gasteiger partial charge in [0, 0.05) is 30.2 Å². The first-order valence-corrected chi connectivity index (χ1v) is 6.61. The van der Waals surface area contributed by atoms with Gasteiger partial charge in [-0.25, -0.2) is 4.98 Å². The molecular formula is C15H21N3O. The molecule has 0 bridgehead atoms. The zero-order chi connectivity index (χ0) is 13.7. The van der Waals surface area contributed by atoms with E-state index >= 15 is 0 Å². The Morgan fingerprint density at radius 1 is 1.42 bits per heavy atom. The monoisotopic (exact) mass is 259 g/mol. The van der Waals surface area contributed by atoms with Gasteiger partial charge in [-0.1, -0.05) is 13.0 Å². The maximum absolute atomic E-state index is 5.97. The third kappa shape index (κ3) is 3.58. The fourth-order valence-electron chi connectivity index (χ4n) is 2.08. The fraction of sp³-hybridized carbons (Fsp3) is 0.400. The number of hydrogen-bond donors (Lipinski definition) is 1. The van der Waals surface area contributed by atoms with Crippen LogP contribution in [0.5, 0.6) is 5.88 Å². The van der Waals surface area contributed by atoms with Crippen molar-refractivity contribution in [3.05, 3.63) is 47.9 Å². The number of hydrogen-bond acceptors (Lipinski definition) is 3. The van der Waals surface area contributed by atoms with Gasteiger partial charge in [0.2, 0.25) is 5.88 Å². The quantitative estimate of drug-likeness (QED) is 0.865. The summed E-state index contributed by atoms with van der Waals surface area (Å²) in [5, 5.41) is 0. The molecule has 1 unspecified atom stereocenters. The van der Waals surface area contributed by atoms with Gasteiger partial charge in [0.25, 0.3) is 0 Å². The molecule has 0 aliphatic heterocycles. The van der Waals surface area contributed by atoms with Crippen molar-refractivity contribution in [3.8, 4) is 5.88 Å². The number of nitrogens with zero attached hydrogens (tertiary/aromatic N) is 2. The van der Waals surface area contributed by atoms with Gasteiger partial charge in [0.1, 0.15) is 0 Å². The van der Waals surface area contributed by atoms with Crippen LogP contribution in [-0.4, -0.2) is 22.7 Å². The van der Waals surface area contributed by atoms with Gasteiger partial charge in [-0.05, 0) is 30.5 Å². The largest absolute Gasteiger partial charge is 0.481 e. The van der Waals surface area contributed by atoms with Gasteiger partial charge in [0.15, 0.2) is 0 Å². The van der Waals surface area contributed by atoms with Crippen LogP contribution in [0.4, 0.5) is 0 Å². The van der Waals surface area contributed by atoms with Gasteiger partial charge in [-0.3, -0.25) is 0 Å². The second-order valence-electron chi connectivity index (χ2n) is 4.74. The second-order valence-corrected chi connectivity index (χ2v) is 4.74. The van der Waals surface area contributed by atoms with Crippen LogP contribution in [0.1, 0.15) is 24.5 Å². The normalized spacial score (nSPS) is 12.4. The zero-order valence-electron chi connectivity index (χ0n) is 11.5. The molecule has 2 rings (SSSR count). The molecule has 19 heavy (non-hydrogen) atoms. The summed E-state index contributed by atoms with van der Waals surface area (Å²) in [6, 6.07) is 6.32. The van der Waals surface area contributed by atoms with Gasteiger partial charge in [-0.15, -0.1) is 0 Å². The van der Waals surface area contributed by atoms with Crippen molar-refractivity contribution in [3.63, 3.8) is 0 Å². The Balaban J connectivity index is 2.07. The fourth-order valence-corrected chi connectivity index (χ4v) is 2.08. The van der Waals surface area contributed by atoms with E-state index in [4.69, 9.17) is 10.5 Å². The maximum atomic E-state index is 5.97. The summed E-state index contributed by atoms with van der Waals surface area (Å²) < 4.78 is 7.40. The number of pyridine rings is 1. The Kier molecular flexibility index (Phi) is 4.58. The standard InChI is InChI=1S/C15H21N3O/c1-3-14(16)9-12-6-8-18(10-12)11-13-5-4-7-17-15(13)19-2/h4-8,10,14H,3,9,11,16H2,1-2H3. The van der Waals surface area contributed by atoms with Gasteiger partial charge in [0.05, 0.1) is 13.7 Å². The Morgan fingerprint density at radius 3 is 3.00 bits per heavy atom. The van der Waals surface area contributed by atoms with E-state index in [-0.39, 0.29) is 6.04 Å².